The van der Waals surface area contributed by atoms with Crippen LogP contribution in [0.4, 0.5) is 11.5 Å². The fraction of sp³-hybridized carbons (Fsp3) is 0.136. The number of anilines is 2. The van der Waals surface area contributed by atoms with Crippen molar-refractivity contribution in [2.24, 2.45) is 0 Å². The van der Waals surface area contributed by atoms with E-state index in [1.165, 1.54) is 0 Å². The monoisotopic (exact) mass is 356 g/mol. The van der Waals surface area contributed by atoms with E-state index >= 15 is 0 Å². The van der Waals surface area contributed by atoms with Gasteiger partial charge in [0.05, 0.1) is 23.8 Å². The Kier molecular flexibility index (Phi) is 4.42. The molecule has 0 unspecified atom stereocenters. The maximum Gasteiger partial charge on any atom is 0.294 e. The molecule has 2 aromatic heterocycles. The highest BCUT2D eigenvalue weighted by Gasteiger charge is 2.12. The molecular formula is C22H20N4O. The Labute approximate surface area is 157 Å². The molecule has 0 radical (unpaired) electrons. The molecule has 0 saturated heterocycles. The Hall–Kier alpha value is -3.47. The molecule has 0 atom stereocenters. The average molecular weight is 356 g/mol. The van der Waals surface area contributed by atoms with E-state index in [2.05, 4.69) is 21.4 Å². The zero-order chi connectivity index (χ0) is 18.8. The van der Waals surface area contributed by atoms with Crippen molar-refractivity contribution in [1.82, 2.24) is 14.5 Å². The molecule has 0 amide bonds. The minimum absolute atomic E-state index is 0.168. The van der Waals surface area contributed by atoms with Crippen molar-refractivity contribution in [2.75, 3.05) is 5.32 Å². The topological polar surface area (TPSA) is 59.8 Å². The molecular weight excluding hydrogens is 336 g/mol. The summed E-state index contributed by atoms with van der Waals surface area (Å²) >= 11 is 0. The van der Waals surface area contributed by atoms with Crippen molar-refractivity contribution < 1.29 is 0 Å². The van der Waals surface area contributed by atoms with E-state index in [0.29, 0.717) is 12.4 Å². The van der Waals surface area contributed by atoms with Crippen molar-refractivity contribution in [3.8, 4) is 0 Å². The Balaban J connectivity index is 1.84. The predicted molar refractivity (Wildman–Crippen MR) is 109 cm³/mol. The highest BCUT2D eigenvalue weighted by atomic mass is 16.1. The molecule has 1 N–H and O–H groups in total. The van der Waals surface area contributed by atoms with Gasteiger partial charge < -0.3 is 5.32 Å². The summed E-state index contributed by atoms with van der Waals surface area (Å²) in [5.74, 6) is 0.314. The molecule has 4 rings (SSSR count). The van der Waals surface area contributed by atoms with E-state index in [1.54, 1.807) is 17.0 Å². The number of aromatic nitrogens is 3. The van der Waals surface area contributed by atoms with E-state index < -0.39 is 0 Å². The quantitative estimate of drug-likeness (QED) is 0.595. The number of hydrogen-bond donors (Lipinski definition) is 1. The van der Waals surface area contributed by atoms with Gasteiger partial charge in [-0.1, -0.05) is 36.4 Å². The first-order chi connectivity index (χ1) is 13.1. The smallest absolute Gasteiger partial charge is 0.294 e. The summed E-state index contributed by atoms with van der Waals surface area (Å²) in [6.45, 7) is 4.53. The van der Waals surface area contributed by atoms with E-state index in [-0.39, 0.29) is 5.56 Å². The molecule has 2 aromatic carbocycles. The van der Waals surface area contributed by atoms with Gasteiger partial charge in [-0.2, -0.15) is 0 Å². The van der Waals surface area contributed by atoms with Gasteiger partial charge in [0.1, 0.15) is 0 Å². The largest absolute Gasteiger partial charge is 0.336 e. The highest BCUT2D eigenvalue weighted by molar-refractivity contribution is 5.76. The second kappa shape index (κ2) is 7.03. The summed E-state index contributed by atoms with van der Waals surface area (Å²) in [6.07, 6.45) is 3.38. The molecule has 27 heavy (non-hydrogen) atoms. The Bertz CT molecular complexity index is 1150. The zero-order valence-electron chi connectivity index (χ0n) is 15.3. The second-order valence-electron chi connectivity index (χ2n) is 6.70. The van der Waals surface area contributed by atoms with Gasteiger partial charge in [0.2, 0.25) is 0 Å². The molecule has 5 nitrogen and oxygen atoms in total. The highest BCUT2D eigenvalue weighted by Crippen LogP contribution is 2.19. The third-order valence-corrected chi connectivity index (χ3v) is 4.42. The first-order valence-corrected chi connectivity index (χ1v) is 8.84. The SMILES string of the molecule is Cc1cc(C)cc(Nc2nc3ccncc3n(Cc3ccccc3)c2=O)c1. The molecule has 0 bridgehead atoms. The van der Waals surface area contributed by atoms with Crippen LogP contribution in [0.15, 0.2) is 71.8 Å². The third kappa shape index (κ3) is 3.58. The lowest BCUT2D eigenvalue weighted by Gasteiger charge is -2.13. The van der Waals surface area contributed by atoms with Gasteiger partial charge in [-0.25, -0.2) is 4.98 Å². The molecule has 0 spiro atoms. The fourth-order valence-electron chi connectivity index (χ4n) is 3.27. The van der Waals surface area contributed by atoms with Crippen LogP contribution in [-0.4, -0.2) is 14.5 Å². The van der Waals surface area contributed by atoms with Crippen LogP contribution in [-0.2, 0) is 6.54 Å². The zero-order valence-corrected chi connectivity index (χ0v) is 15.3. The number of rotatable bonds is 4. The maximum absolute atomic E-state index is 13.2. The molecule has 0 aliphatic rings. The van der Waals surface area contributed by atoms with Crippen LogP contribution in [0.25, 0.3) is 11.0 Å². The fourth-order valence-corrected chi connectivity index (χ4v) is 3.27. The average Bonchev–Trinajstić information content (AvgIpc) is 2.65. The van der Waals surface area contributed by atoms with Gasteiger partial charge in [-0.3, -0.25) is 14.3 Å². The van der Waals surface area contributed by atoms with Crippen LogP contribution in [0.1, 0.15) is 16.7 Å². The Morgan fingerprint density at radius 1 is 1.00 bits per heavy atom. The molecule has 0 aliphatic heterocycles. The van der Waals surface area contributed by atoms with Crippen molar-refractivity contribution in [1.29, 1.82) is 0 Å². The lowest BCUT2D eigenvalue weighted by Crippen LogP contribution is -2.25. The minimum Gasteiger partial charge on any atom is -0.336 e. The Morgan fingerprint density at radius 2 is 1.74 bits per heavy atom. The van der Waals surface area contributed by atoms with Crippen LogP contribution in [0.2, 0.25) is 0 Å². The van der Waals surface area contributed by atoms with Gasteiger partial charge in [0.25, 0.3) is 5.56 Å². The van der Waals surface area contributed by atoms with Crippen LogP contribution < -0.4 is 10.9 Å². The minimum atomic E-state index is -0.168. The molecule has 0 saturated carbocycles. The van der Waals surface area contributed by atoms with Crippen LogP contribution >= 0.6 is 0 Å². The molecule has 0 aliphatic carbocycles. The van der Waals surface area contributed by atoms with Crippen LogP contribution in [0, 0.1) is 13.8 Å². The summed E-state index contributed by atoms with van der Waals surface area (Å²) in [5, 5.41) is 3.21. The van der Waals surface area contributed by atoms with Crippen molar-refractivity contribution in [3.63, 3.8) is 0 Å². The number of aryl methyl sites for hydroxylation is 2. The van der Waals surface area contributed by atoms with Gasteiger partial charge in [-0.15, -0.1) is 0 Å². The number of nitrogens with zero attached hydrogens (tertiary/aromatic N) is 3. The lowest BCUT2D eigenvalue weighted by molar-refractivity contribution is 0.788. The molecule has 0 fully saturated rings. The third-order valence-electron chi connectivity index (χ3n) is 4.42. The maximum atomic E-state index is 13.2. The number of nitrogens with one attached hydrogen (secondary N) is 1. The van der Waals surface area contributed by atoms with Gasteiger partial charge in [0, 0.05) is 11.9 Å². The van der Waals surface area contributed by atoms with Gasteiger partial charge in [0.15, 0.2) is 5.82 Å². The number of fused-ring (bicyclic) bond motifs is 1. The van der Waals surface area contributed by atoms with Gasteiger partial charge >= 0.3 is 0 Å². The first-order valence-electron chi connectivity index (χ1n) is 8.84. The van der Waals surface area contributed by atoms with Crippen LogP contribution in [0.5, 0.6) is 0 Å². The van der Waals surface area contributed by atoms with Crippen LogP contribution in [0.3, 0.4) is 0 Å². The van der Waals surface area contributed by atoms with E-state index in [0.717, 1.165) is 33.4 Å². The second-order valence-corrected chi connectivity index (χ2v) is 6.70. The summed E-state index contributed by atoms with van der Waals surface area (Å²) in [6, 6.07) is 17.8. The summed E-state index contributed by atoms with van der Waals surface area (Å²) in [7, 11) is 0. The standard InChI is InChI=1S/C22H20N4O/c1-15-10-16(2)12-18(11-15)24-21-22(27)26(14-17-6-4-3-5-7-17)20-13-23-9-8-19(20)25-21/h3-13H,14H2,1-2H3,(H,24,25). The van der Waals surface area contributed by atoms with Gasteiger partial charge in [-0.05, 0) is 48.7 Å². The van der Waals surface area contributed by atoms with Crippen molar-refractivity contribution >= 4 is 22.5 Å². The van der Waals surface area contributed by atoms with Crippen molar-refractivity contribution in [2.45, 2.75) is 20.4 Å². The van der Waals surface area contributed by atoms with Crippen molar-refractivity contribution in [3.05, 3.63) is 94.0 Å². The van der Waals surface area contributed by atoms with E-state index in [1.807, 2.05) is 62.4 Å². The molecule has 2 heterocycles. The molecule has 5 heteroatoms. The molecule has 4 aromatic rings. The summed E-state index contributed by atoms with van der Waals surface area (Å²) < 4.78 is 1.72. The van der Waals surface area contributed by atoms with E-state index in [9.17, 15) is 4.79 Å². The normalized spacial score (nSPS) is 10.9. The Morgan fingerprint density at radius 3 is 2.48 bits per heavy atom. The lowest BCUT2D eigenvalue weighted by atomic mass is 10.1. The number of pyridine rings is 1. The van der Waals surface area contributed by atoms with E-state index in [4.69, 9.17) is 0 Å². The number of benzene rings is 2. The number of hydrogen-bond acceptors (Lipinski definition) is 4. The summed E-state index contributed by atoms with van der Waals surface area (Å²) in [5.41, 5.74) is 5.45. The summed E-state index contributed by atoms with van der Waals surface area (Å²) in [4.78, 5) is 21.9. The first kappa shape index (κ1) is 17.0. The molecule has 134 valence electrons. The predicted octanol–water partition coefficient (Wildman–Crippen LogP) is 4.20.